The Morgan fingerprint density at radius 3 is 2.30 bits per heavy atom. The average molecular weight is 337 g/mol. The third-order valence-electron chi connectivity index (χ3n) is 3.54. The van der Waals surface area contributed by atoms with Gasteiger partial charge < -0.3 is 10.2 Å². The summed E-state index contributed by atoms with van der Waals surface area (Å²) in [5.74, 6) is -2.88. The SMILES string of the molecule is CC1(C(=O)O)C=CC=C(C(=O)O)C1c1ccc(Br)cc1. The fourth-order valence-corrected chi connectivity index (χ4v) is 2.70. The number of hydrogen-bond acceptors (Lipinski definition) is 2. The van der Waals surface area contributed by atoms with E-state index in [1.54, 1.807) is 24.3 Å². The van der Waals surface area contributed by atoms with Crippen molar-refractivity contribution in [3.8, 4) is 0 Å². The first kappa shape index (κ1) is 14.5. The number of halogens is 1. The smallest absolute Gasteiger partial charge is 0.332 e. The van der Waals surface area contributed by atoms with Gasteiger partial charge in [-0.05, 0) is 24.6 Å². The highest BCUT2D eigenvalue weighted by atomic mass is 79.9. The fourth-order valence-electron chi connectivity index (χ4n) is 2.44. The van der Waals surface area contributed by atoms with Crippen molar-refractivity contribution in [2.75, 3.05) is 0 Å². The largest absolute Gasteiger partial charge is 0.481 e. The van der Waals surface area contributed by atoms with Crippen LogP contribution in [0.25, 0.3) is 0 Å². The molecule has 0 radical (unpaired) electrons. The van der Waals surface area contributed by atoms with Crippen LogP contribution in [-0.2, 0) is 9.59 Å². The lowest BCUT2D eigenvalue weighted by molar-refractivity contribution is -0.146. The molecule has 2 N–H and O–H groups in total. The van der Waals surface area contributed by atoms with Crippen LogP contribution in [0.5, 0.6) is 0 Å². The summed E-state index contributed by atoms with van der Waals surface area (Å²) in [5, 5.41) is 18.8. The Bertz CT molecular complexity index is 615. The summed E-state index contributed by atoms with van der Waals surface area (Å²) in [4.78, 5) is 23.0. The van der Waals surface area contributed by atoms with Gasteiger partial charge >= 0.3 is 11.9 Å². The van der Waals surface area contributed by atoms with Gasteiger partial charge in [0.1, 0.15) is 0 Å². The fraction of sp³-hybridized carbons (Fsp3) is 0.200. The van der Waals surface area contributed by atoms with E-state index in [-0.39, 0.29) is 5.57 Å². The number of carboxylic acids is 2. The van der Waals surface area contributed by atoms with Crippen LogP contribution in [0, 0.1) is 5.41 Å². The molecule has 4 nitrogen and oxygen atoms in total. The number of carboxylic acid groups (broad SMARTS) is 2. The van der Waals surface area contributed by atoms with Crippen molar-refractivity contribution < 1.29 is 19.8 Å². The molecule has 0 heterocycles. The zero-order valence-electron chi connectivity index (χ0n) is 10.7. The number of carbonyl (C=O) groups is 2. The number of aliphatic carboxylic acids is 2. The molecule has 0 spiro atoms. The van der Waals surface area contributed by atoms with E-state index >= 15 is 0 Å². The molecule has 1 aromatic rings. The van der Waals surface area contributed by atoms with Crippen LogP contribution in [0.2, 0.25) is 0 Å². The van der Waals surface area contributed by atoms with Gasteiger partial charge in [-0.1, -0.05) is 46.3 Å². The molecule has 20 heavy (non-hydrogen) atoms. The zero-order chi connectivity index (χ0) is 14.9. The summed E-state index contributed by atoms with van der Waals surface area (Å²) >= 11 is 3.31. The third-order valence-corrected chi connectivity index (χ3v) is 4.07. The molecule has 0 aromatic heterocycles. The van der Waals surface area contributed by atoms with Gasteiger partial charge in [0.2, 0.25) is 0 Å². The summed E-state index contributed by atoms with van der Waals surface area (Å²) in [7, 11) is 0. The lowest BCUT2D eigenvalue weighted by Crippen LogP contribution is -2.36. The first-order chi connectivity index (χ1) is 9.36. The van der Waals surface area contributed by atoms with E-state index in [2.05, 4.69) is 15.9 Å². The minimum atomic E-state index is -1.28. The first-order valence-electron chi connectivity index (χ1n) is 5.98. The number of benzene rings is 1. The minimum Gasteiger partial charge on any atom is -0.481 e. The molecule has 0 amide bonds. The van der Waals surface area contributed by atoms with Crippen LogP contribution >= 0.6 is 15.9 Å². The van der Waals surface area contributed by atoms with Gasteiger partial charge in [0.15, 0.2) is 0 Å². The lowest BCUT2D eigenvalue weighted by Gasteiger charge is -2.34. The molecule has 0 saturated carbocycles. The van der Waals surface area contributed by atoms with Crippen molar-refractivity contribution in [3.63, 3.8) is 0 Å². The van der Waals surface area contributed by atoms with Crippen molar-refractivity contribution in [2.24, 2.45) is 5.41 Å². The Hall–Kier alpha value is -1.88. The predicted molar refractivity (Wildman–Crippen MR) is 77.5 cm³/mol. The molecule has 1 aliphatic carbocycles. The normalized spacial score (nSPS) is 25.1. The van der Waals surface area contributed by atoms with Crippen molar-refractivity contribution in [1.82, 2.24) is 0 Å². The topological polar surface area (TPSA) is 74.6 Å². The van der Waals surface area contributed by atoms with Gasteiger partial charge in [-0.2, -0.15) is 0 Å². The Kier molecular flexibility index (Phi) is 3.81. The quantitative estimate of drug-likeness (QED) is 0.888. The minimum absolute atomic E-state index is 0.0831. The molecule has 0 bridgehead atoms. The summed E-state index contributed by atoms with van der Waals surface area (Å²) in [6.45, 7) is 1.54. The monoisotopic (exact) mass is 336 g/mol. The Morgan fingerprint density at radius 1 is 1.20 bits per heavy atom. The molecule has 5 heteroatoms. The molecule has 1 aromatic carbocycles. The van der Waals surface area contributed by atoms with Crippen LogP contribution in [0.15, 0.2) is 52.5 Å². The molecular formula is C15H13BrO4. The average Bonchev–Trinajstić information content (AvgIpc) is 2.39. The van der Waals surface area contributed by atoms with Gasteiger partial charge in [-0.15, -0.1) is 0 Å². The second-order valence-electron chi connectivity index (χ2n) is 4.86. The lowest BCUT2D eigenvalue weighted by atomic mass is 9.67. The summed E-state index contributed by atoms with van der Waals surface area (Å²) in [5.41, 5.74) is -0.535. The van der Waals surface area contributed by atoms with E-state index in [1.807, 2.05) is 0 Å². The highest BCUT2D eigenvalue weighted by Crippen LogP contribution is 2.45. The van der Waals surface area contributed by atoms with Gasteiger partial charge in [-0.3, -0.25) is 4.79 Å². The third kappa shape index (κ3) is 2.41. The van der Waals surface area contributed by atoms with Crippen molar-refractivity contribution >= 4 is 27.9 Å². The van der Waals surface area contributed by atoms with E-state index in [1.165, 1.54) is 25.2 Å². The molecule has 2 unspecified atom stereocenters. The molecule has 2 atom stereocenters. The van der Waals surface area contributed by atoms with E-state index in [0.717, 1.165) is 4.47 Å². The number of rotatable bonds is 3. The predicted octanol–water partition coefficient (Wildman–Crippen LogP) is 3.20. The molecular weight excluding hydrogens is 324 g/mol. The highest BCUT2D eigenvalue weighted by Gasteiger charge is 2.45. The molecule has 0 fully saturated rings. The number of hydrogen-bond donors (Lipinski definition) is 2. The summed E-state index contributed by atoms with van der Waals surface area (Å²) < 4.78 is 0.852. The van der Waals surface area contributed by atoms with E-state index in [4.69, 9.17) is 0 Å². The van der Waals surface area contributed by atoms with Gasteiger partial charge in [-0.25, -0.2) is 4.79 Å². The van der Waals surface area contributed by atoms with Crippen LogP contribution in [0.3, 0.4) is 0 Å². The molecule has 1 aliphatic rings. The molecule has 104 valence electrons. The Balaban J connectivity index is 2.60. The van der Waals surface area contributed by atoms with Crippen LogP contribution < -0.4 is 0 Å². The second kappa shape index (κ2) is 5.25. The van der Waals surface area contributed by atoms with Crippen molar-refractivity contribution in [2.45, 2.75) is 12.8 Å². The Morgan fingerprint density at radius 2 is 1.80 bits per heavy atom. The maximum Gasteiger partial charge on any atom is 0.332 e. The Labute approximate surface area is 124 Å². The number of allylic oxidation sites excluding steroid dienone is 2. The van der Waals surface area contributed by atoms with Crippen molar-refractivity contribution in [1.29, 1.82) is 0 Å². The van der Waals surface area contributed by atoms with Gasteiger partial charge in [0.05, 0.1) is 5.41 Å². The van der Waals surface area contributed by atoms with Gasteiger partial charge in [0.25, 0.3) is 0 Å². The summed E-state index contributed by atoms with van der Waals surface area (Å²) in [6, 6.07) is 7.03. The van der Waals surface area contributed by atoms with E-state index in [9.17, 15) is 19.8 Å². The second-order valence-corrected chi connectivity index (χ2v) is 5.77. The van der Waals surface area contributed by atoms with Crippen LogP contribution in [-0.4, -0.2) is 22.2 Å². The zero-order valence-corrected chi connectivity index (χ0v) is 12.3. The summed E-state index contributed by atoms with van der Waals surface area (Å²) in [6.07, 6.45) is 4.49. The van der Waals surface area contributed by atoms with Crippen molar-refractivity contribution in [3.05, 3.63) is 58.1 Å². The van der Waals surface area contributed by atoms with Crippen LogP contribution in [0.1, 0.15) is 18.4 Å². The van der Waals surface area contributed by atoms with Gasteiger partial charge in [0, 0.05) is 16.0 Å². The highest BCUT2D eigenvalue weighted by molar-refractivity contribution is 9.10. The standard InChI is InChI=1S/C15H13BrO4/c1-15(14(19)20)8-2-3-11(13(17)18)12(15)9-4-6-10(16)7-5-9/h2-8,12H,1H3,(H,17,18)(H,19,20). The van der Waals surface area contributed by atoms with E-state index < -0.39 is 23.3 Å². The molecule has 0 saturated heterocycles. The van der Waals surface area contributed by atoms with Crippen LogP contribution in [0.4, 0.5) is 0 Å². The van der Waals surface area contributed by atoms with E-state index in [0.29, 0.717) is 5.56 Å². The molecule has 0 aliphatic heterocycles. The maximum absolute atomic E-state index is 11.6. The maximum atomic E-state index is 11.6. The molecule has 2 rings (SSSR count). The first-order valence-corrected chi connectivity index (χ1v) is 6.77.